The number of carbonyl (C=O) groups excluding carboxylic acids is 2. The van der Waals surface area contributed by atoms with Crippen molar-refractivity contribution in [1.29, 1.82) is 0 Å². The van der Waals surface area contributed by atoms with Crippen LogP contribution in [0.1, 0.15) is 10.4 Å². The van der Waals surface area contributed by atoms with Crippen molar-refractivity contribution in [2.45, 2.75) is 11.0 Å². The van der Waals surface area contributed by atoms with Gasteiger partial charge in [-0.3, -0.25) is 9.59 Å². The third-order valence-corrected chi connectivity index (χ3v) is 6.93. The maximum Gasteiger partial charge on any atom is 0.267 e. The fraction of sp³-hybridized carbons (Fsp3) is 0.304. The van der Waals surface area contributed by atoms with E-state index in [4.69, 9.17) is 9.47 Å². The molecule has 0 aromatic heterocycles. The van der Waals surface area contributed by atoms with E-state index in [2.05, 4.69) is 11.3 Å². The van der Waals surface area contributed by atoms with Gasteiger partial charge in [-0.2, -0.15) is 0 Å². The standard InChI is InChI=1S/C23H25N3O6S/c1-2-11-24-33(29,30)18-9-7-17(8-10-18)22(27)25-12-14-26(15-13-25)23(28)21-16-31-19-5-3-4-6-20(19)32-21/h2-10,21,24H,1,11-16H2. The van der Waals surface area contributed by atoms with E-state index >= 15 is 0 Å². The van der Waals surface area contributed by atoms with E-state index in [-0.39, 0.29) is 29.9 Å². The molecule has 2 amide bonds. The lowest BCUT2D eigenvalue weighted by molar-refractivity contribution is -0.142. The zero-order chi connectivity index (χ0) is 23.4. The molecule has 0 saturated carbocycles. The number of hydrogen-bond donors (Lipinski definition) is 1. The van der Waals surface area contributed by atoms with Crippen LogP contribution in [0.15, 0.2) is 66.1 Å². The molecular weight excluding hydrogens is 446 g/mol. The first kappa shape index (κ1) is 22.8. The van der Waals surface area contributed by atoms with Gasteiger partial charge in [0.25, 0.3) is 11.8 Å². The van der Waals surface area contributed by atoms with Crippen molar-refractivity contribution in [1.82, 2.24) is 14.5 Å². The summed E-state index contributed by atoms with van der Waals surface area (Å²) in [7, 11) is -3.65. The molecule has 1 atom stereocenters. The average Bonchev–Trinajstić information content (AvgIpc) is 2.86. The second kappa shape index (κ2) is 9.63. The summed E-state index contributed by atoms with van der Waals surface area (Å²) < 4.78 is 38.1. The van der Waals surface area contributed by atoms with Gasteiger partial charge in [0, 0.05) is 38.3 Å². The molecule has 0 aliphatic carbocycles. The van der Waals surface area contributed by atoms with Gasteiger partial charge in [0.1, 0.15) is 6.61 Å². The number of amides is 2. The van der Waals surface area contributed by atoms with E-state index in [1.165, 1.54) is 30.3 Å². The third-order valence-electron chi connectivity index (χ3n) is 5.49. The van der Waals surface area contributed by atoms with Crippen molar-refractivity contribution in [3.63, 3.8) is 0 Å². The third kappa shape index (κ3) is 5.01. The summed E-state index contributed by atoms with van der Waals surface area (Å²) in [5.41, 5.74) is 0.387. The number of sulfonamides is 1. The number of piperazine rings is 1. The fourth-order valence-corrected chi connectivity index (χ4v) is 4.68. The average molecular weight is 472 g/mol. The molecule has 1 saturated heterocycles. The molecule has 174 valence electrons. The van der Waals surface area contributed by atoms with E-state index in [9.17, 15) is 18.0 Å². The number of fused-ring (bicyclic) bond motifs is 1. The minimum absolute atomic E-state index is 0.0765. The first-order valence-electron chi connectivity index (χ1n) is 10.6. The van der Waals surface area contributed by atoms with Gasteiger partial charge in [-0.1, -0.05) is 18.2 Å². The normalized spacial score (nSPS) is 18.0. The Hall–Kier alpha value is -3.37. The molecule has 2 aromatic carbocycles. The molecule has 33 heavy (non-hydrogen) atoms. The van der Waals surface area contributed by atoms with Crippen molar-refractivity contribution in [2.75, 3.05) is 39.3 Å². The van der Waals surface area contributed by atoms with E-state index in [1.54, 1.807) is 21.9 Å². The Morgan fingerprint density at radius 1 is 1.00 bits per heavy atom. The number of rotatable bonds is 6. The van der Waals surface area contributed by atoms with E-state index in [0.29, 0.717) is 43.2 Å². The second-order valence-corrected chi connectivity index (χ2v) is 9.41. The van der Waals surface area contributed by atoms with Gasteiger partial charge >= 0.3 is 0 Å². The Kier molecular flexibility index (Phi) is 6.66. The predicted octanol–water partition coefficient (Wildman–Crippen LogP) is 1.28. The molecule has 9 nitrogen and oxygen atoms in total. The molecular formula is C23H25N3O6S. The molecule has 0 radical (unpaired) electrons. The summed E-state index contributed by atoms with van der Waals surface area (Å²) in [5.74, 6) is 0.780. The first-order chi connectivity index (χ1) is 15.9. The molecule has 0 bridgehead atoms. The number of hydrogen-bond acceptors (Lipinski definition) is 6. The topological polar surface area (TPSA) is 105 Å². The summed E-state index contributed by atoms with van der Waals surface area (Å²) in [4.78, 5) is 29.1. The molecule has 10 heteroatoms. The molecule has 2 aromatic rings. The number of ether oxygens (including phenoxy) is 2. The SMILES string of the molecule is C=CCNS(=O)(=O)c1ccc(C(=O)N2CCN(C(=O)C3COc4ccccc4O3)CC2)cc1. The summed E-state index contributed by atoms with van der Waals surface area (Å²) in [6, 6.07) is 13.0. The van der Waals surface area contributed by atoms with Gasteiger partial charge in [0.15, 0.2) is 11.5 Å². The highest BCUT2D eigenvalue weighted by molar-refractivity contribution is 7.89. The largest absolute Gasteiger partial charge is 0.485 e. The van der Waals surface area contributed by atoms with E-state index in [1.807, 2.05) is 12.1 Å². The van der Waals surface area contributed by atoms with Crippen LogP contribution in [0, 0.1) is 0 Å². The van der Waals surface area contributed by atoms with Crippen LogP contribution < -0.4 is 14.2 Å². The lowest BCUT2D eigenvalue weighted by Crippen LogP contribution is -2.55. The highest BCUT2D eigenvalue weighted by atomic mass is 32.2. The Bertz CT molecular complexity index is 1140. The monoisotopic (exact) mass is 471 g/mol. The number of nitrogens with one attached hydrogen (secondary N) is 1. The van der Waals surface area contributed by atoms with Crippen LogP contribution in [0.25, 0.3) is 0 Å². The molecule has 1 fully saturated rings. The summed E-state index contributed by atoms with van der Waals surface area (Å²) in [6.45, 7) is 5.25. The van der Waals surface area contributed by atoms with Crippen LogP contribution in [0.5, 0.6) is 11.5 Å². The molecule has 1 unspecified atom stereocenters. The Morgan fingerprint density at radius 2 is 1.64 bits per heavy atom. The van der Waals surface area contributed by atoms with Crippen molar-refractivity contribution in [2.24, 2.45) is 0 Å². The maximum atomic E-state index is 12.9. The molecule has 2 aliphatic heterocycles. The van der Waals surface area contributed by atoms with Crippen molar-refractivity contribution >= 4 is 21.8 Å². The highest BCUT2D eigenvalue weighted by Gasteiger charge is 2.33. The summed E-state index contributed by atoms with van der Waals surface area (Å²) in [5, 5.41) is 0. The van der Waals surface area contributed by atoms with Crippen LogP contribution >= 0.6 is 0 Å². The molecule has 0 spiro atoms. The van der Waals surface area contributed by atoms with Crippen LogP contribution in [-0.4, -0.2) is 75.5 Å². The van der Waals surface area contributed by atoms with E-state index in [0.717, 1.165) is 0 Å². The Morgan fingerprint density at radius 3 is 2.30 bits per heavy atom. The second-order valence-electron chi connectivity index (χ2n) is 7.65. The molecule has 2 aliphatic rings. The zero-order valence-electron chi connectivity index (χ0n) is 18.0. The molecule has 4 rings (SSSR count). The minimum atomic E-state index is -3.65. The van der Waals surface area contributed by atoms with Crippen LogP contribution in [0.3, 0.4) is 0 Å². The number of carbonyl (C=O) groups is 2. The zero-order valence-corrected chi connectivity index (χ0v) is 18.8. The number of para-hydroxylation sites is 2. The smallest absolute Gasteiger partial charge is 0.267 e. The van der Waals surface area contributed by atoms with Crippen LogP contribution in [0.2, 0.25) is 0 Å². The summed E-state index contributed by atoms with van der Waals surface area (Å²) >= 11 is 0. The van der Waals surface area contributed by atoms with Gasteiger partial charge in [-0.25, -0.2) is 13.1 Å². The quantitative estimate of drug-likeness (QED) is 0.637. The Balaban J connectivity index is 1.33. The fourth-order valence-electron chi connectivity index (χ4n) is 3.69. The highest BCUT2D eigenvalue weighted by Crippen LogP contribution is 2.31. The van der Waals surface area contributed by atoms with Gasteiger partial charge < -0.3 is 19.3 Å². The van der Waals surface area contributed by atoms with Crippen molar-refractivity contribution < 1.29 is 27.5 Å². The van der Waals surface area contributed by atoms with Gasteiger partial charge in [0.05, 0.1) is 4.90 Å². The summed E-state index contributed by atoms with van der Waals surface area (Å²) in [6.07, 6.45) is 0.734. The van der Waals surface area contributed by atoms with Gasteiger partial charge in [0.2, 0.25) is 16.1 Å². The van der Waals surface area contributed by atoms with Crippen LogP contribution in [-0.2, 0) is 14.8 Å². The maximum absolute atomic E-state index is 12.9. The van der Waals surface area contributed by atoms with Crippen molar-refractivity contribution in [3.8, 4) is 11.5 Å². The predicted molar refractivity (Wildman–Crippen MR) is 121 cm³/mol. The van der Waals surface area contributed by atoms with Gasteiger partial charge in [-0.15, -0.1) is 6.58 Å². The molecule has 1 N–H and O–H groups in total. The minimum Gasteiger partial charge on any atom is -0.485 e. The van der Waals surface area contributed by atoms with Crippen LogP contribution in [0.4, 0.5) is 0 Å². The number of benzene rings is 2. The van der Waals surface area contributed by atoms with Gasteiger partial charge in [-0.05, 0) is 36.4 Å². The number of nitrogens with zero attached hydrogens (tertiary/aromatic N) is 2. The first-order valence-corrected chi connectivity index (χ1v) is 12.0. The Labute approximate surface area is 192 Å². The lowest BCUT2D eigenvalue weighted by atomic mass is 10.1. The van der Waals surface area contributed by atoms with Crippen molar-refractivity contribution in [3.05, 3.63) is 66.7 Å². The molecule has 2 heterocycles. The lowest BCUT2D eigenvalue weighted by Gasteiger charge is -2.37. The van der Waals surface area contributed by atoms with E-state index < -0.39 is 16.1 Å².